The highest BCUT2D eigenvalue weighted by Gasteiger charge is 2.47. The van der Waals surface area contributed by atoms with Gasteiger partial charge < -0.3 is 9.80 Å². The van der Waals surface area contributed by atoms with Crippen LogP contribution in [-0.2, 0) is 5.54 Å². The maximum atomic E-state index is 5.31. The molecule has 0 saturated carbocycles. The van der Waals surface area contributed by atoms with E-state index in [0.717, 1.165) is 42.2 Å². The van der Waals surface area contributed by atoms with Crippen molar-refractivity contribution in [3.63, 3.8) is 0 Å². The summed E-state index contributed by atoms with van der Waals surface area (Å²) in [6, 6.07) is 33.0. The normalized spacial score (nSPS) is 15.9. The van der Waals surface area contributed by atoms with Gasteiger partial charge in [0.1, 0.15) is 35.5 Å². The molecule has 0 fully saturated rings. The first-order chi connectivity index (χ1) is 26.6. The van der Waals surface area contributed by atoms with E-state index in [9.17, 15) is 0 Å². The largest absolute Gasteiger partial charge is 0.337 e. The molecule has 6 aromatic rings. The molecule has 6 nitrogen and oxygen atoms in total. The van der Waals surface area contributed by atoms with Crippen molar-refractivity contribution in [2.45, 2.75) is 98.2 Å². The Balaban J connectivity index is 1.32. The minimum absolute atomic E-state index is 0.0214. The number of rotatable bonds is 9. The van der Waals surface area contributed by atoms with Crippen molar-refractivity contribution in [1.29, 1.82) is 0 Å². The maximum Gasteiger partial charge on any atom is 0.295 e. The summed E-state index contributed by atoms with van der Waals surface area (Å²) in [5.74, 6) is 3.73. The van der Waals surface area contributed by atoms with Gasteiger partial charge in [-0.25, -0.2) is 14.5 Å². The number of nitrogens with zero attached hydrogens (tertiary/aromatic N) is 6. The predicted molar refractivity (Wildman–Crippen MR) is 228 cm³/mol. The number of hydrogen-bond donors (Lipinski definition) is 0. The van der Waals surface area contributed by atoms with Crippen LogP contribution in [0, 0.1) is 13.8 Å². The van der Waals surface area contributed by atoms with Crippen LogP contribution < -0.4 is 14.4 Å². The Morgan fingerprint density at radius 2 is 1.38 bits per heavy atom. The topological polar surface area (TPSA) is 41.1 Å². The van der Waals surface area contributed by atoms with E-state index in [0.29, 0.717) is 11.8 Å². The average Bonchev–Trinajstić information content (AvgIpc) is 3.71. The Labute approximate surface area is 327 Å². The van der Waals surface area contributed by atoms with Crippen molar-refractivity contribution < 1.29 is 4.57 Å². The molecule has 0 amide bonds. The Morgan fingerprint density at radius 1 is 0.745 bits per heavy atom. The zero-order chi connectivity index (χ0) is 38.6. The average molecular weight is 728 g/mol. The first-order valence-electron chi connectivity index (χ1n) is 20.2. The highest BCUT2D eigenvalue weighted by atomic mass is 15.4. The predicted octanol–water partition coefficient (Wildman–Crippen LogP) is 11.7. The van der Waals surface area contributed by atoms with E-state index in [1.165, 1.54) is 56.2 Å². The summed E-state index contributed by atoms with van der Waals surface area (Å²) in [6.45, 7) is 18.4. The lowest BCUT2D eigenvalue weighted by Crippen LogP contribution is -2.58. The Hall–Kier alpha value is -5.49. The van der Waals surface area contributed by atoms with Gasteiger partial charge in [-0.2, -0.15) is 4.57 Å². The Bertz CT molecular complexity index is 2380. The maximum absolute atomic E-state index is 5.31. The molecule has 2 aliphatic heterocycles. The summed E-state index contributed by atoms with van der Waals surface area (Å²) < 4.78 is 5.14. The number of fused-ring (bicyclic) bond motifs is 4. The summed E-state index contributed by atoms with van der Waals surface area (Å²) >= 11 is 0. The van der Waals surface area contributed by atoms with Crippen molar-refractivity contribution in [3.8, 4) is 28.5 Å². The van der Waals surface area contributed by atoms with Crippen molar-refractivity contribution >= 4 is 23.3 Å². The van der Waals surface area contributed by atoms with Gasteiger partial charge in [0.15, 0.2) is 11.6 Å². The van der Waals surface area contributed by atoms with Crippen LogP contribution >= 0.6 is 0 Å². The Morgan fingerprint density at radius 3 is 2.04 bits per heavy atom. The first-order valence-corrected chi connectivity index (χ1v) is 20.2. The summed E-state index contributed by atoms with van der Waals surface area (Å²) in [5, 5.41) is 0. The summed E-state index contributed by atoms with van der Waals surface area (Å²) in [7, 11) is 2.21. The van der Waals surface area contributed by atoms with Gasteiger partial charge in [0.2, 0.25) is 0 Å². The zero-order valence-electron chi connectivity index (χ0n) is 34.0. The van der Waals surface area contributed by atoms with Crippen molar-refractivity contribution in [1.82, 2.24) is 14.5 Å². The molecule has 2 aliphatic rings. The molecule has 4 heterocycles. The van der Waals surface area contributed by atoms with Crippen LogP contribution in [0.15, 0.2) is 115 Å². The molecule has 0 spiro atoms. The van der Waals surface area contributed by atoms with E-state index < -0.39 is 0 Å². The number of imidazole rings is 1. The second kappa shape index (κ2) is 14.3. The van der Waals surface area contributed by atoms with E-state index in [-0.39, 0.29) is 11.7 Å². The fraction of sp³-hybridized carbons (Fsp3) is 0.327. The highest BCUT2D eigenvalue weighted by molar-refractivity contribution is 5.83. The van der Waals surface area contributed by atoms with Crippen molar-refractivity contribution in [2.24, 2.45) is 0 Å². The molecule has 1 unspecified atom stereocenters. The van der Waals surface area contributed by atoms with E-state index in [1.54, 1.807) is 0 Å². The number of hydrogen-bond acceptors (Lipinski definition) is 4. The van der Waals surface area contributed by atoms with Crippen LogP contribution in [-0.4, -0.2) is 27.7 Å². The molecule has 0 radical (unpaired) electrons. The minimum atomic E-state index is -0.268. The lowest BCUT2D eigenvalue weighted by atomic mass is 9.80. The van der Waals surface area contributed by atoms with Crippen molar-refractivity contribution in [2.75, 3.05) is 16.8 Å². The second-order valence-electron chi connectivity index (χ2n) is 16.1. The van der Waals surface area contributed by atoms with Crippen LogP contribution in [0.25, 0.3) is 34.5 Å². The van der Waals surface area contributed by atoms with Crippen LogP contribution in [0.1, 0.15) is 100 Å². The number of aryl methyl sites for hydroxylation is 2. The number of benzene rings is 4. The molecule has 1 atom stereocenters. The van der Waals surface area contributed by atoms with Gasteiger partial charge in [-0.3, -0.25) is 0 Å². The highest BCUT2D eigenvalue weighted by Crippen LogP contribution is 2.48. The van der Waals surface area contributed by atoms with E-state index in [4.69, 9.17) is 9.97 Å². The molecule has 280 valence electrons. The molecule has 55 heavy (non-hydrogen) atoms. The third kappa shape index (κ3) is 5.89. The van der Waals surface area contributed by atoms with Crippen molar-refractivity contribution in [3.05, 3.63) is 143 Å². The first kappa shape index (κ1) is 36.5. The minimum Gasteiger partial charge on any atom is -0.337 e. The quantitative estimate of drug-likeness (QED) is 0.139. The SMILES string of the molecule is CCC1(CC)C(CC2N(C)c3nc(-c4ccccc4C)ncc3N2c2ccccc2C)=Cc2ccccc2-c2n(-c3c(C(C)C)cccc3C(C)C)cc[n+]21. The van der Waals surface area contributed by atoms with Gasteiger partial charge in [-0.1, -0.05) is 126 Å². The van der Waals surface area contributed by atoms with E-state index in [1.807, 2.05) is 6.20 Å². The smallest absolute Gasteiger partial charge is 0.295 e. The fourth-order valence-electron chi connectivity index (χ4n) is 9.34. The van der Waals surface area contributed by atoms with Gasteiger partial charge in [-0.15, -0.1) is 0 Å². The van der Waals surface area contributed by atoms with E-state index in [2.05, 4.69) is 191 Å². The molecule has 0 saturated heterocycles. The van der Waals surface area contributed by atoms with Gasteiger partial charge in [0, 0.05) is 35.8 Å². The van der Waals surface area contributed by atoms with Gasteiger partial charge >= 0.3 is 0 Å². The molecule has 4 aromatic carbocycles. The molecule has 0 bridgehead atoms. The molecule has 0 N–H and O–H groups in total. The van der Waals surface area contributed by atoms with Gasteiger partial charge in [0.05, 0.1) is 11.8 Å². The van der Waals surface area contributed by atoms with Crippen LogP contribution in [0.5, 0.6) is 0 Å². The second-order valence-corrected chi connectivity index (χ2v) is 16.1. The fourth-order valence-corrected chi connectivity index (χ4v) is 9.34. The molecule has 0 aliphatic carbocycles. The third-order valence-corrected chi connectivity index (χ3v) is 12.4. The molecule has 8 rings (SSSR count). The number of anilines is 3. The number of para-hydroxylation sites is 2. The van der Waals surface area contributed by atoms with Gasteiger partial charge in [-0.05, 0) is 72.9 Å². The standard InChI is InChI=1S/C49H55N6/c1-10-49(11-2)37(29-36-21-14-16-23-41(36)48-53(27-28-54(48)49)45-38(32(3)4)24-18-25-39(45)33(5)6)30-44-52(9)47-43(55(44)42-26-17-13-20-35(42)8)31-50-46(51-47)40-22-15-12-19-34(40)7/h12-29,31-33,44H,10-11,30H2,1-9H3/q+1. The van der Waals surface area contributed by atoms with Crippen LogP contribution in [0.4, 0.5) is 17.2 Å². The molecular formula is C49H55N6+. The molecular weight excluding hydrogens is 673 g/mol. The molecule has 2 aromatic heterocycles. The summed E-state index contributed by atoms with van der Waals surface area (Å²) in [4.78, 5) is 15.2. The third-order valence-electron chi connectivity index (χ3n) is 12.4. The monoisotopic (exact) mass is 727 g/mol. The number of aromatic nitrogens is 4. The Kier molecular flexibility index (Phi) is 9.48. The zero-order valence-corrected chi connectivity index (χ0v) is 34.0. The summed E-state index contributed by atoms with van der Waals surface area (Å²) in [6.07, 6.45) is 12.0. The van der Waals surface area contributed by atoms with E-state index >= 15 is 0 Å². The van der Waals surface area contributed by atoms with Crippen LogP contribution in [0.3, 0.4) is 0 Å². The lowest BCUT2D eigenvalue weighted by molar-refractivity contribution is -0.745. The summed E-state index contributed by atoms with van der Waals surface area (Å²) in [5.41, 5.74) is 13.4. The van der Waals surface area contributed by atoms with Gasteiger partial charge in [0.25, 0.3) is 5.82 Å². The lowest BCUT2D eigenvalue weighted by Gasteiger charge is -2.37. The molecule has 6 heteroatoms. The van der Waals surface area contributed by atoms with Crippen LogP contribution in [0.2, 0.25) is 0 Å².